The zero-order valence-electron chi connectivity index (χ0n) is 12.6. The number of amides is 3. The largest absolute Gasteiger partial charge is 0.355 e. The van der Waals surface area contributed by atoms with Gasteiger partial charge in [-0.3, -0.25) is 19.3 Å². The quantitative estimate of drug-likeness (QED) is 0.841. The van der Waals surface area contributed by atoms with E-state index in [1.54, 1.807) is 24.3 Å². The van der Waals surface area contributed by atoms with E-state index in [1.165, 1.54) is 0 Å². The van der Waals surface area contributed by atoms with Gasteiger partial charge in [-0.25, -0.2) is 0 Å². The number of rotatable bonds is 5. The molecule has 0 fully saturated rings. The van der Waals surface area contributed by atoms with Crippen molar-refractivity contribution in [2.24, 2.45) is 5.92 Å². The minimum absolute atomic E-state index is 0.196. The van der Waals surface area contributed by atoms with E-state index in [4.69, 9.17) is 0 Å². The van der Waals surface area contributed by atoms with Gasteiger partial charge in [0.05, 0.1) is 11.1 Å². The molecule has 0 saturated heterocycles. The molecule has 1 atom stereocenters. The average Bonchev–Trinajstić information content (AvgIpc) is 2.69. The Morgan fingerprint density at radius 1 is 1.14 bits per heavy atom. The fourth-order valence-electron chi connectivity index (χ4n) is 2.56. The van der Waals surface area contributed by atoms with Crippen molar-refractivity contribution in [3.8, 4) is 0 Å². The van der Waals surface area contributed by atoms with Crippen LogP contribution in [0.1, 0.15) is 47.9 Å². The van der Waals surface area contributed by atoms with Crippen LogP contribution in [0, 0.1) is 5.92 Å². The minimum Gasteiger partial charge on any atom is -0.355 e. The Hall–Kier alpha value is -2.17. The van der Waals surface area contributed by atoms with Gasteiger partial charge in [0.25, 0.3) is 11.8 Å². The molecule has 0 bridgehead atoms. The lowest BCUT2D eigenvalue weighted by Gasteiger charge is -2.26. The van der Waals surface area contributed by atoms with Gasteiger partial charge in [0, 0.05) is 6.54 Å². The molecule has 2 rings (SSSR count). The van der Waals surface area contributed by atoms with Crippen LogP contribution >= 0.6 is 0 Å². The zero-order valence-corrected chi connectivity index (χ0v) is 12.6. The number of carbonyl (C=O) groups excluding carboxylic acids is 3. The average molecular weight is 288 g/mol. The van der Waals surface area contributed by atoms with E-state index in [0.29, 0.717) is 24.1 Å². The molecule has 1 aliphatic rings. The first-order valence-electron chi connectivity index (χ1n) is 7.22. The molecule has 1 heterocycles. The first kappa shape index (κ1) is 15.2. The van der Waals surface area contributed by atoms with Gasteiger partial charge in [0.15, 0.2) is 0 Å². The summed E-state index contributed by atoms with van der Waals surface area (Å²) in [4.78, 5) is 38.3. The van der Waals surface area contributed by atoms with Crippen molar-refractivity contribution in [2.45, 2.75) is 33.2 Å². The lowest BCUT2D eigenvalue weighted by molar-refractivity contribution is -0.125. The van der Waals surface area contributed by atoms with E-state index < -0.39 is 6.04 Å². The third-order valence-electron chi connectivity index (χ3n) is 3.49. The first-order valence-corrected chi connectivity index (χ1v) is 7.22. The second-order valence-electron chi connectivity index (χ2n) is 5.57. The Morgan fingerprint density at radius 2 is 1.67 bits per heavy atom. The molecular weight excluding hydrogens is 268 g/mol. The van der Waals surface area contributed by atoms with Crippen LogP contribution in [0.5, 0.6) is 0 Å². The molecule has 0 saturated carbocycles. The highest BCUT2D eigenvalue weighted by molar-refractivity contribution is 6.22. The topological polar surface area (TPSA) is 66.5 Å². The molecule has 1 N–H and O–H groups in total. The number of nitrogens with one attached hydrogen (secondary N) is 1. The van der Waals surface area contributed by atoms with Crippen LogP contribution in [0.15, 0.2) is 24.3 Å². The Bertz CT molecular complexity index is 546. The van der Waals surface area contributed by atoms with E-state index in [2.05, 4.69) is 5.32 Å². The van der Waals surface area contributed by atoms with Gasteiger partial charge in [-0.15, -0.1) is 0 Å². The molecule has 21 heavy (non-hydrogen) atoms. The lowest BCUT2D eigenvalue weighted by Crippen LogP contribution is -2.50. The summed E-state index contributed by atoms with van der Waals surface area (Å²) < 4.78 is 0. The number of carbonyl (C=O) groups is 3. The van der Waals surface area contributed by atoms with E-state index >= 15 is 0 Å². The first-order chi connectivity index (χ1) is 9.97. The molecule has 5 heteroatoms. The van der Waals surface area contributed by atoms with Gasteiger partial charge in [-0.2, -0.15) is 0 Å². The van der Waals surface area contributed by atoms with Crippen molar-refractivity contribution >= 4 is 17.7 Å². The maximum atomic E-state index is 12.5. The van der Waals surface area contributed by atoms with Crippen LogP contribution in [0.3, 0.4) is 0 Å². The van der Waals surface area contributed by atoms with E-state index in [-0.39, 0.29) is 23.6 Å². The van der Waals surface area contributed by atoms with Crippen molar-refractivity contribution < 1.29 is 14.4 Å². The second kappa shape index (κ2) is 6.08. The van der Waals surface area contributed by atoms with Crippen LogP contribution < -0.4 is 5.32 Å². The maximum absolute atomic E-state index is 12.5. The summed E-state index contributed by atoms with van der Waals surface area (Å²) in [5, 5.41) is 2.71. The zero-order chi connectivity index (χ0) is 15.6. The van der Waals surface area contributed by atoms with Crippen LogP contribution in [-0.2, 0) is 4.79 Å². The van der Waals surface area contributed by atoms with Crippen LogP contribution in [0.2, 0.25) is 0 Å². The number of hydrogen-bond donors (Lipinski definition) is 1. The molecule has 5 nitrogen and oxygen atoms in total. The van der Waals surface area contributed by atoms with E-state index in [9.17, 15) is 14.4 Å². The minimum atomic E-state index is -0.752. The van der Waals surface area contributed by atoms with Gasteiger partial charge in [0.2, 0.25) is 5.91 Å². The third-order valence-corrected chi connectivity index (χ3v) is 3.49. The monoisotopic (exact) mass is 288 g/mol. The summed E-state index contributed by atoms with van der Waals surface area (Å²) in [6.45, 7) is 6.21. The Labute approximate surface area is 124 Å². The second-order valence-corrected chi connectivity index (χ2v) is 5.57. The molecule has 0 unspecified atom stereocenters. The fraction of sp³-hybridized carbons (Fsp3) is 0.438. The molecule has 1 aromatic rings. The van der Waals surface area contributed by atoms with E-state index in [0.717, 1.165) is 4.90 Å². The molecule has 1 aliphatic heterocycles. The van der Waals surface area contributed by atoms with Gasteiger partial charge < -0.3 is 5.32 Å². The van der Waals surface area contributed by atoms with Crippen LogP contribution in [-0.4, -0.2) is 35.2 Å². The fourth-order valence-corrected chi connectivity index (χ4v) is 2.56. The molecule has 112 valence electrons. The summed E-state index contributed by atoms with van der Waals surface area (Å²) >= 11 is 0. The van der Waals surface area contributed by atoms with Crippen LogP contribution in [0.25, 0.3) is 0 Å². The Kier molecular flexibility index (Phi) is 4.40. The maximum Gasteiger partial charge on any atom is 0.262 e. The highest BCUT2D eigenvalue weighted by Gasteiger charge is 2.42. The van der Waals surface area contributed by atoms with Crippen molar-refractivity contribution in [3.63, 3.8) is 0 Å². The standard InChI is InChI=1S/C16H20N2O3/c1-4-17-14(19)13(9-10(2)3)18-15(20)11-7-5-6-8-12(11)16(18)21/h5-8,10,13H,4,9H2,1-3H3,(H,17,19)/t13-/m0/s1. The molecule has 1 aromatic carbocycles. The van der Waals surface area contributed by atoms with Gasteiger partial charge in [-0.05, 0) is 31.4 Å². The summed E-state index contributed by atoms with van der Waals surface area (Å²) in [5.41, 5.74) is 0.751. The van der Waals surface area contributed by atoms with Gasteiger partial charge in [-0.1, -0.05) is 26.0 Å². The number of nitrogens with zero attached hydrogens (tertiary/aromatic N) is 1. The van der Waals surface area contributed by atoms with Crippen molar-refractivity contribution in [1.29, 1.82) is 0 Å². The lowest BCUT2D eigenvalue weighted by atomic mass is 10.0. The SMILES string of the molecule is CCNC(=O)[C@H](CC(C)C)N1C(=O)c2ccccc2C1=O. The molecule has 0 aliphatic carbocycles. The van der Waals surface area contributed by atoms with Gasteiger partial charge in [0.1, 0.15) is 6.04 Å². The third kappa shape index (κ3) is 2.82. The predicted octanol–water partition coefficient (Wildman–Crippen LogP) is 1.83. The Morgan fingerprint density at radius 3 is 2.10 bits per heavy atom. The molecular formula is C16H20N2O3. The molecule has 3 amide bonds. The van der Waals surface area contributed by atoms with Crippen molar-refractivity contribution in [1.82, 2.24) is 10.2 Å². The highest BCUT2D eigenvalue weighted by atomic mass is 16.2. The van der Waals surface area contributed by atoms with Gasteiger partial charge >= 0.3 is 0 Å². The Balaban J connectivity index is 2.36. The smallest absolute Gasteiger partial charge is 0.262 e. The summed E-state index contributed by atoms with van der Waals surface area (Å²) in [6.07, 6.45) is 0.456. The van der Waals surface area contributed by atoms with Crippen molar-refractivity contribution in [3.05, 3.63) is 35.4 Å². The summed E-state index contributed by atoms with van der Waals surface area (Å²) in [7, 11) is 0. The number of imide groups is 1. The number of hydrogen-bond acceptors (Lipinski definition) is 3. The van der Waals surface area contributed by atoms with E-state index in [1.807, 2.05) is 20.8 Å². The molecule has 0 aromatic heterocycles. The van der Waals surface area contributed by atoms with Crippen LogP contribution in [0.4, 0.5) is 0 Å². The number of likely N-dealkylation sites (N-methyl/N-ethyl adjacent to an activating group) is 1. The normalized spacial score (nSPS) is 15.3. The predicted molar refractivity (Wildman–Crippen MR) is 78.9 cm³/mol. The summed E-state index contributed by atoms with van der Waals surface area (Å²) in [6, 6.07) is 5.94. The number of benzene rings is 1. The molecule has 0 radical (unpaired) electrons. The highest BCUT2D eigenvalue weighted by Crippen LogP contribution is 2.26. The molecule has 0 spiro atoms. The van der Waals surface area contributed by atoms with Crippen molar-refractivity contribution in [2.75, 3.05) is 6.54 Å². The number of fused-ring (bicyclic) bond motifs is 1. The summed E-state index contributed by atoms with van der Waals surface area (Å²) in [5.74, 6) is -0.845.